The van der Waals surface area contributed by atoms with Crippen molar-refractivity contribution in [3.05, 3.63) is 59.4 Å². The Morgan fingerprint density at radius 1 is 1.24 bits per heavy atom. The third-order valence-corrected chi connectivity index (χ3v) is 3.15. The van der Waals surface area contributed by atoms with Gasteiger partial charge in [-0.2, -0.15) is 8.78 Å². The lowest BCUT2D eigenvalue weighted by atomic mass is 10.1. The van der Waals surface area contributed by atoms with Gasteiger partial charge < -0.3 is 10.1 Å². The summed E-state index contributed by atoms with van der Waals surface area (Å²) >= 11 is 0. The van der Waals surface area contributed by atoms with Gasteiger partial charge in [0.15, 0.2) is 0 Å². The Morgan fingerprint density at radius 3 is 2.71 bits per heavy atom. The van der Waals surface area contributed by atoms with Crippen LogP contribution in [-0.4, -0.2) is 11.6 Å². The average Bonchev–Trinajstić information content (AvgIpc) is 2.46. The second-order valence-corrected chi connectivity index (χ2v) is 4.88. The molecule has 0 saturated heterocycles. The highest BCUT2D eigenvalue weighted by Crippen LogP contribution is 2.20. The number of alkyl halides is 2. The van der Waals surface area contributed by atoms with Crippen LogP contribution < -0.4 is 10.1 Å². The number of benzene rings is 1. The van der Waals surface area contributed by atoms with E-state index in [1.165, 1.54) is 6.07 Å². The van der Waals surface area contributed by atoms with E-state index in [0.29, 0.717) is 6.54 Å². The predicted molar refractivity (Wildman–Crippen MR) is 77.3 cm³/mol. The molecule has 5 heteroatoms. The molecule has 0 fully saturated rings. The molecule has 2 aromatic rings. The molecule has 112 valence electrons. The van der Waals surface area contributed by atoms with Crippen LogP contribution in [0.25, 0.3) is 0 Å². The minimum Gasteiger partial charge on any atom is -0.435 e. The van der Waals surface area contributed by atoms with E-state index in [1.807, 2.05) is 38.2 Å². The molecule has 1 heterocycles. The zero-order valence-electron chi connectivity index (χ0n) is 12.0. The number of nitrogens with one attached hydrogen (secondary N) is 1. The minimum absolute atomic E-state index is 0.00863. The van der Waals surface area contributed by atoms with Gasteiger partial charge in [-0.25, -0.2) is 0 Å². The van der Waals surface area contributed by atoms with Crippen LogP contribution in [0.15, 0.2) is 42.6 Å². The Kier molecular flexibility index (Phi) is 5.22. The van der Waals surface area contributed by atoms with Crippen LogP contribution in [0.4, 0.5) is 8.78 Å². The van der Waals surface area contributed by atoms with Crippen molar-refractivity contribution in [2.45, 2.75) is 33.0 Å². The van der Waals surface area contributed by atoms with Crippen molar-refractivity contribution in [1.82, 2.24) is 10.3 Å². The smallest absolute Gasteiger partial charge is 0.387 e. The molecule has 0 amide bonds. The molecule has 1 N–H and O–H groups in total. The maximum Gasteiger partial charge on any atom is 0.387 e. The first-order valence-electron chi connectivity index (χ1n) is 6.74. The van der Waals surface area contributed by atoms with Crippen molar-refractivity contribution >= 4 is 0 Å². The average molecular weight is 292 g/mol. The molecule has 0 saturated carbocycles. The quantitative estimate of drug-likeness (QED) is 0.878. The lowest BCUT2D eigenvalue weighted by molar-refractivity contribution is -0.0499. The monoisotopic (exact) mass is 292 g/mol. The van der Waals surface area contributed by atoms with Gasteiger partial charge in [0, 0.05) is 18.8 Å². The van der Waals surface area contributed by atoms with E-state index >= 15 is 0 Å². The summed E-state index contributed by atoms with van der Waals surface area (Å²) in [5, 5.41) is 3.31. The summed E-state index contributed by atoms with van der Waals surface area (Å²) in [5.41, 5.74) is 2.94. The maximum absolute atomic E-state index is 12.2. The predicted octanol–water partition coefficient (Wildman–Crippen LogP) is 3.84. The fraction of sp³-hybridized carbons (Fsp3) is 0.312. The Balaban J connectivity index is 1.96. The molecule has 1 aromatic heterocycles. The van der Waals surface area contributed by atoms with Crippen LogP contribution in [0.2, 0.25) is 0 Å². The SMILES string of the molecule is Cc1ccc(CNC(C)c2cccc(OC(F)F)c2)nc1. The van der Waals surface area contributed by atoms with Crippen LogP contribution in [0.1, 0.15) is 29.8 Å². The fourth-order valence-corrected chi connectivity index (χ4v) is 1.94. The Hall–Kier alpha value is -2.01. The lowest BCUT2D eigenvalue weighted by Crippen LogP contribution is -2.18. The molecule has 0 aliphatic carbocycles. The van der Waals surface area contributed by atoms with Gasteiger partial charge in [0.05, 0.1) is 5.69 Å². The topological polar surface area (TPSA) is 34.1 Å². The largest absolute Gasteiger partial charge is 0.435 e. The Bertz CT molecular complexity index is 573. The summed E-state index contributed by atoms with van der Waals surface area (Å²) in [6.45, 7) is 1.76. The number of ether oxygens (including phenoxy) is 1. The highest BCUT2D eigenvalue weighted by molar-refractivity contribution is 5.30. The molecule has 2 rings (SSSR count). The van der Waals surface area contributed by atoms with Crippen molar-refractivity contribution in [2.24, 2.45) is 0 Å². The molecule has 0 spiro atoms. The van der Waals surface area contributed by atoms with Crippen molar-refractivity contribution in [1.29, 1.82) is 0 Å². The fourth-order valence-electron chi connectivity index (χ4n) is 1.94. The first kappa shape index (κ1) is 15.4. The van der Waals surface area contributed by atoms with Crippen molar-refractivity contribution in [3.8, 4) is 5.75 Å². The van der Waals surface area contributed by atoms with E-state index in [4.69, 9.17) is 0 Å². The molecule has 0 aliphatic heterocycles. The first-order valence-corrected chi connectivity index (χ1v) is 6.74. The Labute approximate surface area is 123 Å². The zero-order chi connectivity index (χ0) is 15.2. The number of aromatic nitrogens is 1. The molecule has 1 aromatic carbocycles. The maximum atomic E-state index is 12.2. The highest BCUT2D eigenvalue weighted by Gasteiger charge is 2.09. The summed E-state index contributed by atoms with van der Waals surface area (Å²) < 4.78 is 28.8. The van der Waals surface area contributed by atoms with Gasteiger partial charge in [-0.15, -0.1) is 0 Å². The summed E-state index contributed by atoms with van der Waals surface area (Å²) in [6.07, 6.45) is 1.82. The standard InChI is InChI=1S/C16H18F2N2O/c1-11-6-7-14(20-9-11)10-19-12(2)13-4-3-5-15(8-13)21-16(17)18/h3-9,12,16,19H,10H2,1-2H3. The normalized spacial score (nSPS) is 12.4. The second kappa shape index (κ2) is 7.13. The summed E-state index contributed by atoms with van der Waals surface area (Å²) in [5.74, 6) is 0.171. The molecule has 0 aliphatic rings. The van der Waals surface area contributed by atoms with Gasteiger partial charge in [-0.3, -0.25) is 4.98 Å². The molecule has 3 nitrogen and oxygen atoms in total. The molecular formula is C16H18F2N2O. The number of halogens is 2. The molecule has 21 heavy (non-hydrogen) atoms. The van der Waals surface area contributed by atoms with Crippen molar-refractivity contribution in [3.63, 3.8) is 0 Å². The minimum atomic E-state index is -2.81. The third-order valence-electron chi connectivity index (χ3n) is 3.15. The molecule has 0 bridgehead atoms. The lowest BCUT2D eigenvalue weighted by Gasteiger charge is -2.15. The van der Waals surface area contributed by atoms with Gasteiger partial charge in [0.25, 0.3) is 0 Å². The van der Waals surface area contributed by atoms with E-state index in [-0.39, 0.29) is 11.8 Å². The first-order chi connectivity index (χ1) is 10.0. The van der Waals surface area contributed by atoms with Crippen LogP contribution >= 0.6 is 0 Å². The van der Waals surface area contributed by atoms with E-state index in [1.54, 1.807) is 12.1 Å². The number of rotatable bonds is 6. The van der Waals surface area contributed by atoms with Crippen LogP contribution in [0, 0.1) is 6.92 Å². The molecule has 1 unspecified atom stereocenters. The van der Waals surface area contributed by atoms with Crippen LogP contribution in [0.3, 0.4) is 0 Å². The number of hydrogen-bond donors (Lipinski definition) is 1. The number of nitrogens with zero attached hydrogens (tertiary/aromatic N) is 1. The zero-order valence-corrected chi connectivity index (χ0v) is 12.0. The summed E-state index contributed by atoms with van der Waals surface area (Å²) in [4.78, 5) is 4.31. The van der Waals surface area contributed by atoms with Crippen LogP contribution in [0.5, 0.6) is 5.75 Å². The van der Waals surface area contributed by atoms with Crippen LogP contribution in [-0.2, 0) is 6.54 Å². The van der Waals surface area contributed by atoms with Crippen molar-refractivity contribution in [2.75, 3.05) is 0 Å². The van der Waals surface area contributed by atoms with E-state index < -0.39 is 6.61 Å². The van der Waals surface area contributed by atoms with Gasteiger partial charge in [-0.1, -0.05) is 18.2 Å². The third kappa shape index (κ3) is 4.79. The summed E-state index contributed by atoms with van der Waals surface area (Å²) in [6, 6.07) is 10.7. The van der Waals surface area contributed by atoms with E-state index in [9.17, 15) is 8.78 Å². The number of pyridine rings is 1. The van der Waals surface area contributed by atoms with Crippen molar-refractivity contribution < 1.29 is 13.5 Å². The van der Waals surface area contributed by atoms with E-state index in [0.717, 1.165) is 16.8 Å². The number of hydrogen-bond acceptors (Lipinski definition) is 3. The molecule has 0 radical (unpaired) electrons. The molecular weight excluding hydrogens is 274 g/mol. The Morgan fingerprint density at radius 2 is 2.05 bits per heavy atom. The molecule has 1 atom stereocenters. The highest BCUT2D eigenvalue weighted by atomic mass is 19.3. The van der Waals surface area contributed by atoms with Gasteiger partial charge in [0.1, 0.15) is 5.75 Å². The second-order valence-electron chi connectivity index (χ2n) is 4.88. The van der Waals surface area contributed by atoms with Gasteiger partial charge >= 0.3 is 6.61 Å². The summed E-state index contributed by atoms with van der Waals surface area (Å²) in [7, 11) is 0. The number of aryl methyl sites for hydroxylation is 1. The van der Waals surface area contributed by atoms with Gasteiger partial charge in [-0.05, 0) is 43.2 Å². The van der Waals surface area contributed by atoms with Gasteiger partial charge in [0.2, 0.25) is 0 Å². The van der Waals surface area contributed by atoms with E-state index in [2.05, 4.69) is 15.0 Å².